The number of hydrogen-bond donors (Lipinski definition) is 0. The number of benzene rings is 1. The van der Waals surface area contributed by atoms with Crippen LogP contribution in [0.5, 0.6) is 5.75 Å². The van der Waals surface area contributed by atoms with E-state index >= 15 is 0 Å². The number of alkyl halides is 1. The summed E-state index contributed by atoms with van der Waals surface area (Å²) in [4.78, 5) is 11.2. The summed E-state index contributed by atoms with van der Waals surface area (Å²) in [6, 6.07) is 7.09. The van der Waals surface area contributed by atoms with E-state index in [1.165, 1.54) is 0 Å². The monoisotopic (exact) mass is 226 g/mol. The molecule has 0 spiro atoms. The van der Waals surface area contributed by atoms with Crippen LogP contribution in [0.4, 0.5) is 0 Å². The van der Waals surface area contributed by atoms with E-state index < -0.39 is 0 Å². The van der Waals surface area contributed by atoms with E-state index in [0.717, 1.165) is 25.2 Å². The van der Waals surface area contributed by atoms with Crippen LogP contribution < -0.4 is 4.74 Å². The Balaban J connectivity index is 2.52. The van der Waals surface area contributed by atoms with Gasteiger partial charge in [0.15, 0.2) is 5.78 Å². The highest BCUT2D eigenvalue weighted by atomic mass is 35.5. The molecule has 0 unspecified atom stereocenters. The second-order valence-corrected chi connectivity index (χ2v) is 3.55. The fourth-order valence-electron chi connectivity index (χ4n) is 1.15. The number of ether oxygens (including phenoxy) is 1. The molecule has 0 radical (unpaired) electrons. The number of hydrogen-bond acceptors (Lipinski definition) is 2. The Bertz CT molecular complexity index is 306. The van der Waals surface area contributed by atoms with Gasteiger partial charge in [0.05, 0.1) is 12.5 Å². The number of carbonyl (C=O) groups is 1. The molecule has 0 saturated carbocycles. The molecular formula is C12H15ClO2. The Kier molecular flexibility index (Phi) is 5.19. The average Bonchev–Trinajstić information content (AvgIpc) is 2.29. The summed E-state index contributed by atoms with van der Waals surface area (Å²) in [6.07, 6.45) is 2.16. The number of unbranched alkanes of at least 4 members (excludes halogenated alkanes) is 1. The van der Waals surface area contributed by atoms with Crippen LogP contribution in [-0.4, -0.2) is 18.3 Å². The van der Waals surface area contributed by atoms with E-state index in [1.54, 1.807) is 24.3 Å². The predicted molar refractivity (Wildman–Crippen MR) is 61.9 cm³/mol. The first-order valence-electron chi connectivity index (χ1n) is 5.10. The number of ketones is 1. The van der Waals surface area contributed by atoms with Crippen molar-refractivity contribution < 1.29 is 9.53 Å². The summed E-state index contributed by atoms with van der Waals surface area (Å²) < 4.78 is 5.47. The van der Waals surface area contributed by atoms with Gasteiger partial charge in [-0.3, -0.25) is 4.79 Å². The summed E-state index contributed by atoms with van der Waals surface area (Å²) in [5.41, 5.74) is 0.632. The molecule has 0 atom stereocenters. The molecule has 3 heteroatoms. The molecular weight excluding hydrogens is 212 g/mol. The number of halogens is 1. The number of Topliss-reactive ketones (excluding diaryl/α,β-unsaturated/α-hetero) is 1. The first-order valence-corrected chi connectivity index (χ1v) is 5.63. The summed E-state index contributed by atoms with van der Waals surface area (Å²) in [5.74, 6) is 0.766. The van der Waals surface area contributed by atoms with Crippen LogP contribution >= 0.6 is 11.6 Å². The molecule has 1 rings (SSSR count). The minimum Gasteiger partial charge on any atom is -0.494 e. The predicted octanol–water partition coefficient (Wildman–Crippen LogP) is 3.29. The maximum atomic E-state index is 11.2. The third kappa shape index (κ3) is 3.92. The van der Waals surface area contributed by atoms with Crippen molar-refractivity contribution >= 4 is 17.4 Å². The standard InChI is InChI=1S/C12H15ClO2/c1-2-3-8-15-11-6-4-10(5-7-11)12(14)9-13/h4-7H,2-3,8-9H2,1H3. The molecule has 0 amide bonds. The molecule has 82 valence electrons. The van der Waals surface area contributed by atoms with E-state index in [-0.39, 0.29) is 11.7 Å². The van der Waals surface area contributed by atoms with E-state index in [1.807, 2.05) is 0 Å². The highest BCUT2D eigenvalue weighted by Crippen LogP contribution is 2.13. The van der Waals surface area contributed by atoms with E-state index in [4.69, 9.17) is 16.3 Å². The van der Waals surface area contributed by atoms with Crippen molar-refractivity contribution in [1.29, 1.82) is 0 Å². The summed E-state index contributed by atoms with van der Waals surface area (Å²) >= 11 is 5.45. The van der Waals surface area contributed by atoms with Gasteiger partial charge in [0.2, 0.25) is 0 Å². The fourth-order valence-corrected chi connectivity index (χ4v) is 1.30. The van der Waals surface area contributed by atoms with Crippen LogP contribution in [0.3, 0.4) is 0 Å². The summed E-state index contributed by atoms with van der Waals surface area (Å²) in [6.45, 7) is 2.84. The van der Waals surface area contributed by atoms with E-state index in [9.17, 15) is 4.79 Å². The van der Waals surface area contributed by atoms with Crippen LogP contribution in [0.1, 0.15) is 30.1 Å². The van der Waals surface area contributed by atoms with Gasteiger partial charge in [0, 0.05) is 5.56 Å². The largest absolute Gasteiger partial charge is 0.494 e. The Morgan fingerprint density at radius 3 is 2.53 bits per heavy atom. The Hall–Kier alpha value is -1.02. The Labute approximate surface area is 95.2 Å². The molecule has 2 nitrogen and oxygen atoms in total. The molecule has 0 fully saturated rings. The van der Waals surface area contributed by atoms with Crippen molar-refractivity contribution in [3.05, 3.63) is 29.8 Å². The van der Waals surface area contributed by atoms with Gasteiger partial charge in [-0.05, 0) is 30.7 Å². The third-order valence-electron chi connectivity index (χ3n) is 2.06. The molecule has 0 aliphatic heterocycles. The molecule has 1 aromatic carbocycles. The van der Waals surface area contributed by atoms with Crippen LogP contribution in [0.25, 0.3) is 0 Å². The molecule has 1 aromatic rings. The summed E-state index contributed by atoms with van der Waals surface area (Å²) in [7, 11) is 0. The van der Waals surface area contributed by atoms with Gasteiger partial charge in [-0.1, -0.05) is 13.3 Å². The lowest BCUT2D eigenvalue weighted by atomic mass is 10.1. The Morgan fingerprint density at radius 2 is 2.00 bits per heavy atom. The highest BCUT2D eigenvalue weighted by molar-refractivity contribution is 6.30. The molecule has 0 aliphatic carbocycles. The second kappa shape index (κ2) is 6.46. The van der Waals surface area contributed by atoms with Gasteiger partial charge in [0.1, 0.15) is 5.75 Å². The lowest BCUT2D eigenvalue weighted by molar-refractivity contribution is 0.102. The van der Waals surface area contributed by atoms with E-state index in [2.05, 4.69) is 6.92 Å². The molecule has 0 aliphatic rings. The molecule has 0 saturated heterocycles. The maximum Gasteiger partial charge on any atom is 0.177 e. The zero-order valence-corrected chi connectivity index (χ0v) is 9.59. The van der Waals surface area contributed by atoms with Crippen molar-refractivity contribution in [2.75, 3.05) is 12.5 Å². The third-order valence-corrected chi connectivity index (χ3v) is 2.31. The lowest BCUT2D eigenvalue weighted by Crippen LogP contribution is -2.00. The van der Waals surface area contributed by atoms with Crippen LogP contribution in [0.15, 0.2) is 24.3 Å². The zero-order valence-electron chi connectivity index (χ0n) is 8.83. The minimum absolute atomic E-state index is 0.0238. The van der Waals surface area contributed by atoms with Gasteiger partial charge < -0.3 is 4.74 Å². The van der Waals surface area contributed by atoms with Crippen molar-refractivity contribution in [3.8, 4) is 5.75 Å². The first-order chi connectivity index (χ1) is 7.27. The van der Waals surface area contributed by atoms with Crippen molar-refractivity contribution in [3.63, 3.8) is 0 Å². The molecule has 0 heterocycles. The molecule has 0 bridgehead atoms. The topological polar surface area (TPSA) is 26.3 Å². The lowest BCUT2D eigenvalue weighted by Gasteiger charge is -2.05. The molecule has 0 aromatic heterocycles. The first kappa shape index (κ1) is 12.1. The normalized spacial score (nSPS) is 10.0. The Morgan fingerprint density at radius 1 is 1.33 bits per heavy atom. The van der Waals surface area contributed by atoms with Crippen LogP contribution in [-0.2, 0) is 0 Å². The van der Waals surface area contributed by atoms with Gasteiger partial charge >= 0.3 is 0 Å². The quantitative estimate of drug-likeness (QED) is 0.423. The van der Waals surface area contributed by atoms with Gasteiger partial charge in [-0.2, -0.15) is 0 Å². The van der Waals surface area contributed by atoms with Crippen molar-refractivity contribution in [2.45, 2.75) is 19.8 Å². The van der Waals surface area contributed by atoms with Crippen molar-refractivity contribution in [1.82, 2.24) is 0 Å². The number of rotatable bonds is 6. The van der Waals surface area contributed by atoms with Gasteiger partial charge in [-0.15, -0.1) is 11.6 Å². The maximum absolute atomic E-state index is 11.2. The molecule has 0 N–H and O–H groups in total. The second-order valence-electron chi connectivity index (χ2n) is 3.28. The SMILES string of the molecule is CCCCOc1ccc(C(=O)CCl)cc1. The minimum atomic E-state index is -0.0585. The smallest absolute Gasteiger partial charge is 0.177 e. The fraction of sp³-hybridized carbons (Fsp3) is 0.417. The highest BCUT2D eigenvalue weighted by Gasteiger charge is 2.03. The molecule has 15 heavy (non-hydrogen) atoms. The van der Waals surface area contributed by atoms with Gasteiger partial charge in [0.25, 0.3) is 0 Å². The zero-order chi connectivity index (χ0) is 11.1. The van der Waals surface area contributed by atoms with Crippen LogP contribution in [0, 0.1) is 0 Å². The van der Waals surface area contributed by atoms with Crippen molar-refractivity contribution in [2.24, 2.45) is 0 Å². The average molecular weight is 227 g/mol. The number of carbonyl (C=O) groups excluding carboxylic acids is 1. The summed E-state index contributed by atoms with van der Waals surface area (Å²) in [5, 5.41) is 0. The van der Waals surface area contributed by atoms with Crippen LogP contribution in [0.2, 0.25) is 0 Å². The van der Waals surface area contributed by atoms with Gasteiger partial charge in [-0.25, -0.2) is 0 Å². The van der Waals surface area contributed by atoms with E-state index in [0.29, 0.717) is 5.56 Å².